The predicted octanol–water partition coefficient (Wildman–Crippen LogP) is 2.55. The second-order valence-corrected chi connectivity index (χ2v) is 4.93. The molecule has 0 amide bonds. The van der Waals surface area contributed by atoms with Crippen LogP contribution in [-0.2, 0) is 13.2 Å². The van der Waals surface area contributed by atoms with Crippen molar-refractivity contribution in [2.24, 2.45) is 0 Å². The number of aromatic nitrogens is 2. The van der Waals surface area contributed by atoms with E-state index < -0.39 is 0 Å². The molecule has 2 aromatic rings. The van der Waals surface area contributed by atoms with Gasteiger partial charge >= 0.3 is 0 Å². The van der Waals surface area contributed by atoms with Gasteiger partial charge < -0.3 is 14.6 Å². The first-order valence-electron chi connectivity index (χ1n) is 6.22. The van der Waals surface area contributed by atoms with E-state index in [0.29, 0.717) is 22.6 Å². The summed E-state index contributed by atoms with van der Waals surface area (Å²) in [7, 11) is 0. The van der Waals surface area contributed by atoms with Crippen molar-refractivity contribution in [3.8, 4) is 5.75 Å². The van der Waals surface area contributed by atoms with Gasteiger partial charge in [0.15, 0.2) is 6.61 Å². The quantitative estimate of drug-likeness (QED) is 0.880. The number of rotatable bonds is 6. The summed E-state index contributed by atoms with van der Waals surface area (Å²) in [6, 6.07) is 6.39. The van der Waals surface area contributed by atoms with Gasteiger partial charge in [0.2, 0.25) is 12.2 Å². The molecule has 6 heteroatoms. The molecule has 5 nitrogen and oxygen atoms in total. The maximum absolute atomic E-state index is 6.18. The molecule has 1 N–H and O–H groups in total. The van der Waals surface area contributed by atoms with E-state index in [1.165, 1.54) is 19.2 Å². The average molecular weight is 280 g/mol. The lowest BCUT2D eigenvalue weighted by molar-refractivity contribution is 0.283. The molecule has 1 fully saturated rings. The molecule has 0 spiro atoms. The Morgan fingerprint density at radius 3 is 3.05 bits per heavy atom. The van der Waals surface area contributed by atoms with E-state index in [1.807, 2.05) is 18.2 Å². The maximum atomic E-state index is 6.18. The fraction of sp³-hybridized carbons (Fsp3) is 0.385. The molecule has 1 aromatic carbocycles. The fourth-order valence-electron chi connectivity index (χ4n) is 1.79. The highest BCUT2D eigenvalue weighted by Crippen LogP contribution is 2.30. The highest BCUT2D eigenvalue weighted by atomic mass is 35.5. The molecule has 100 valence electrons. The standard InChI is InChI=1S/C13H14ClN3O2/c14-11-3-1-2-9(6-15-10-4-5-10)13(11)18-7-12-16-8-19-17-12/h1-3,8,10,15H,4-7H2. The van der Waals surface area contributed by atoms with Crippen LogP contribution in [0, 0.1) is 0 Å². The Morgan fingerprint density at radius 1 is 1.42 bits per heavy atom. The zero-order valence-electron chi connectivity index (χ0n) is 10.3. The lowest BCUT2D eigenvalue weighted by atomic mass is 10.2. The van der Waals surface area contributed by atoms with E-state index in [2.05, 4.69) is 20.0 Å². The van der Waals surface area contributed by atoms with Gasteiger partial charge in [0, 0.05) is 18.2 Å². The Kier molecular flexibility index (Phi) is 3.66. The molecular weight excluding hydrogens is 266 g/mol. The third-order valence-corrected chi connectivity index (χ3v) is 3.26. The Labute approximate surface area is 115 Å². The number of nitrogens with one attached hydrogen (secondary N) is 1. The molecule has 1 saturated carbocycles. The Balaban J connectivity index is 1.69. The van der Waals surface area contributed by atoms with Crippen molar-refractivity contribution in [2.75, 3.05) is 0 Å². The third kappa shape index (κ3) is 3.24. The van der Waals surface area contributed by atoms with Gasteiger partial charge in [-0.25, -0.2) is 0 Å². The van der Waals surface area contributed by atoms with Gasteiger partial charge in [0.05, 0.1) is 5.02 Å². The van der Waals surface area contributed by atoms with Crippen LogP contribution in [0.15, 0.2) is 29.1 Å². The van der Waals surface area contributed by atoms with E-state index in [0.717, 1.165) is 12.1 Å². The minimum absolute atomic E-state index is 0.247. The summed E-state index contributed by atoms with van der Waals surface area (Å²) < 4.78 is 10.4. The second-order valence-electron chi connectivity index (χ2n) is 4.52. The number of ether oxygens (including phenoxy) is 1. The minimum Gasteiger partial charge on any atom is -0.484 e. The molecule has 3 rings (SSSR count). The highest BCUT2D eigenvalue weighted by molar-refractivity contribution is 6.32. The maximum Gasteiger partial charge on any atom is 0.213 e. The minimum atomic E-state index is 0.247. The molecule has 0 unspecified atom stereocenters. The van der Waals surface area contributed by atoms with Gasteiger partial charge in [0.1, 0.15) is 5.75 Å². The third-order valence-electron chi connectivity index (χ3n) is 2.96. The van der Waals surface area contributed by atoms with Crippen molar-refractivity contribution in [3.05, 3.63) is 41.0 Å². The highest BCUT2D eigenvalue weighted by Gasteiger charge is 2.21. The van der Waals surface area contributed by atoms with Crippen molar-refractivity contribution in [1.29, 1.82) is 0 Å². The molecular formula is C13H14ClN3O2. The molecule has 1 aliphatic rings. The number of halogens is 1. The number of hydrogen-bond donors (Lipinski definition) is 1. The van der Waals surface area contributed by atoms with Crippen LogP contribution >= 0.6 is 11.6 Å². The normalized spacial score (nSPS) is 14.6. The molecule has 1 aromatic heterocycles. The smallest absolute Gasteiger partial charge is 0.213 e. The SMILES string of the molecule is Clc1cccc(CNC2CC2)c1OCc1ncon1. The molecule has 19 heavy (non-hydrogen) atoms. The summed E-state index contributed by atoms with van der Waals surface area (Å²) in [6.07, 6.45) is 3.78. The Morgan fingerprint density at radius 2 is 2.32 bits per heavy atom. The van der Waals surface area contributed by atoms with Crippen molar-refractivity contribution in [2.45, 2.75) is 32.0 Å². The van der Waals surface area contributed by atoms with E-state index >= 15 is 0 Å². The van der Waals surface area contributed by atoms with Crippen LogP contribution in [0.4, 0.5) is 0 Å². The van der Waals surface area contributed by atoms with Crippen LogP contribution in [0.25, 0.3) is 0 Å². The summed E-state index contributed by atoms with van der Waals surface area (Å²) in [5.74, 6) is 1.18. The molecule has 0 atom stereocenters. The monoisotopic (exact) mass is 279 g/mol. The Hall–Kier alpha value is -1.59. The van der Waals surface area contributed by atoms with Crippen LogP contribution in [-0.4, -0.2) is 16.2 Å². The molecule has 1 heterocycles. The zero-order valence-corrected chi connectivity index (χ0v) is 11.1. The number of hydrogen-bond acceptors (Lipinski definition) is 5. The van der Waals surface area contributed by atoms with Crippen LogP contribution in [0.1, 0.15) is 24.2 Å². The van der Waals surface area contributed by atoms with E-state index in [-0.39, 0.29) is 6.61 Å². The fourth-order valence-corrected chi connectivity index (χ4v) is 2.04. The molecule has 1 aliphatic carbocycles. The predicted molar refractivity (Wildman–Crippen MR) is 69.9 cm³/mol. The average Bonchev–Trinajstić information content (AvgIpc) is 3.10. The van der Waals surface area contributed by atoms with Crippen LogP contribution < -0.4 is 10.1 Å². The Bertz CT molecular complexity index is 541. The van der Waals surface area contributed by atoms with Gasteiger partial charge in [-0.15, -0.1) is 0 Å². The van der Waals surface area contributed by atoms with Gasteiger partial charge in [-0.05, 0) is 18.9 Å². The number of nitrogens with zero attached hydrogens (tertiary/aromatic N) is 2. The molecule has 0 aliphatic heterocycles. The largest absolute Gasteiger partial charge is 0.484 e. The zero-order chi connectivity index (χ0) is 13.1. The number of benzene rings is 1. The topological polar surface area (TPSA) is 60.2 Å². The molecule has 0 saturated heterocycles. The lowest BCUT2D eigenvalue weighted by Crippen LogP contribution is -2.16. The van der Waals surface area contributed by atoms with Crippen molar-refractivity contribution in [1.82, 2.24) is 15.5 Å². The van der Waals surface area contributed by atoms with Crippen LogP contribution in [0.5, 0.6) is 5.75 Å². The molecule has 0 radical (unpaired) electrons. The number of para-hydroxylation sites is 1. The van der Waals surface area contributed by atoms with Crippen LogP contribution in [0.2, 0.25) is 5.02 Å². The first-order chi connectivity index (χ1) is 9.33. The van der Waals surface area contributed by atoms with E-state index in [4.69, 9.17) is 16.3 Å². The summed E-state index contributed by atoms with van der Waals surface area (Å²) in [5.41, 5.74) is 1.04. The second kappa shape index (κ2) is 5.59. The summed E-state index contributed by atoms with van der Waals surface area (Å²) >= 11 is 6.18. The van der Waals surface area contributed by atoms with E-state index in [9.17, 15) is 0 Å². The molecule has 0 bridgehead atoms. The van der Waals surface area contributed by atoms with Gasteiger partial charge in [0.25, 0.3) is 0 Å². The first-order valence-corrected chi connectivity index (χ1v) is 6.59. The lowest BCUT2D eigenvalue weighted by Gasteiger charge is -2.12. The van der Waals surface area contributed by atoms with Crippen LogP contribution in [0.3, 0.4) is 0 Å². The summed E-state index contributed by atoms with van der Waals surface area (Å²) in [4.78, 5) is 3.91. The van der Waals surface area contributed by atoms with Gasteiger partial charge in [-0.2, -0.15) is 4.98 Å². The van der Waals surface area contributed by atoms with Crippen molar-refractivity contribution in [3.63, 3.8) is 0 Å². The van der Waals surface area contributed by atoms with E-state index in [1.54, 1.807) is 0 Å². The van der Waals surface area contributed by atoms with Crippen molar-refractivity contribution >= 4 is 11.6 Å². The van der Waals surface area contributed by atoms with Gasteiger partial charge in [-0.3, -0.25) is 0 Å². The summed E-state index contributed by atoms with van der Waals surface area (Å²) in [6.45, 7) is 1.00. The van der Waals surface area contributed by atoms with Gasteiger partial charge in [-0.1, -0.05) is 28.9 Å². The summed E-state index contributed by atoms with van der Waals surface area (Å²) in [5, 5.41) is 7.75. The van der Waals surface area contributed by atoms with Crippen molar-refractivity contribution < 1.29 is 9.26 Å². The first kappa shape index (κ1) is 12.4.